The summed E-state index contributed by atoms with van der Waals surface area (Å²) in [5.41, 5.74) is 4.48. The molecular formula is C17H12N. The molecular weight excluding hydrogens is 218 g/mol. The molecule has 3 aromatic rings. The van der Waals surface area contributed by atoms with Crippen molar-refractivity contribution in [3.05, 3.63) is 79.0 Å². The van der Waals surface area contributed by atoms with Crippen molar-refractivity contribution in [3.8, 4) is 22.4 Å². The average Bonchev–Trinajstić information content (AvgIpc) is 2.49. The fraction of sp³-hybridized carbons (Fsp3) is 0. The van der Waals surface area contributed by atoms with Crippen LogP contribution < -0.4 is 0 Å². The Labute approximate surface area is 107 Å². The third-order valence-electron chi connectivity index (χ3n) is 2.89. The Hall–Kier alpha value is -2.41. The number of nitrogens with zero attached hydrogens (tertiary/aromatic N) is 1. The minimum absolute atomic E-state index is 0.991. The van der Waals surface area contributed by atoms with Crippen molar-refractivity contribution in [2.45, 2.75) is 0 Å². The van der Waals surface area contributed by atoms with Gasteiger partial charge in [-0.25, -0.2) is 0 Å². The summed E-state index contributed by atoms with van der Waals surface area (Å²) in [7, 11) is 0. The maximum atomic E-state index is 4.42. The Morgan fingerprint density at radius 3 is 2.39 bits per heavy atom. The largest absolute Gasteiger partial charge is 0.256 e. The van der Waals surface area contributed by atoms with Crippen molar-refractivity contribution in [1.29, 1.82) is 0 Å². The summed E-state index contributed by atoms with van der Waals surface area (Å²) in [5, 5.41) is 0. The summed E-state index contributed by atoms with van der Waals surface area (Å²) >= 11 is 0. The van der Waals surface area contributed by atoms with Crippen molar-refractivity contribution in [2.75, 3.05) is 0 Å². The molecule has 18 heavy (non-hydrogen) atoms. The van der Waals surface area contributed by atoms with E-state index < -0.39 is 0 Å². The monoisotopic (exact) mass is 230 g/mol. The first-order chi connectivity index (χ1) is 8.95. The van der Waals surface area contributed by atoms with Gasteiger partial charge in [0.05, 0.1) is 5.69 Å². The number of rotatable bonds is 2. The van der Waals surface area contributed by atoms with Crippen LogP contribution in [0.5, 0.6) is 0 Å². The second kappa shape index (κ2) is 4.84. The zero-order valence-electron chi connectivity index (χ0n) is 9.88. The molecule has 0 unspecified atom stereocenters. The molecule has 2 aromatic carbocycles. The first kappa shape index (κ1) is 10.7. The van der Waals surface area contributed by atoms with Crippen LogP contribution in [0.1, 0.15) is 0 Å². The molecule has 0 saturated carbocycles. The van der Waals surface area contributed by atoms with Gasteiger partial charge in [0.15, 0.2) is 0 Å². The van der Waals surface area contributed by atoms with Crippen LogP contribution in [-0.4, -0.2) is 4.98 Å². The summed E-state index contributed by atoms with van der Waals surface area (Å²) in [6.07, 6.45) is 1.82. The molecule has 0 saturated heterocycles. The number of hydrogen-bond acceptors (Lipinski definition) is 1. The average molecular weight is 230 g/mol. The summed E-state index contributed by atoms with van der Waals surface area (Å²) in [5.74, 6) is 0. The Kier molecular flexibility index (Phi) is 2.89. The lowest BCUT2D eigenvalue weighted by Crippen LogP contribution is -1.86. The minimum Gasteiger partial charge on any atom is -0.256 e. The Balaban J connectivity index is 2.18. The van der Waals surface area contributed by atoms with Crippen molar-refractivity contribution in [1.82, 2.24) is 4.98 Å². The van der Waals surface area contributed by atoms with E-state index in [1.807, 2.05) is 54.7 Å². The van der Waals surface area contributed by atoms with E-state index in [0.29, 0.717) is 0 Å². The van der Waals surface area contributed by atoms with Gasteiger partial charge in [-0.3, -0.25) is 4.98 Å². The highest BCUT2D eigenvalue weighted by atomic mass is 14.7. The molecule has 1 heterocycles. The van der Waals surface area contributed by atoms with Gasteiger partial charge in [0, 0.05) is 11.8 Å². The van der Waals surface area contributed by atoms with Gasteiger partial charge >= 0.3 is 0 Å². The number of aromatic nitrogens is 1. The van der Waals surface area contributed by atoms with E-state index in [4.69, 9.17) is 0 Å². The van der Waals surface area contributed by atoms with Crippen LogP contribution in [0.25, 0.3) is 22.4 Å². The van der Waals surface area contributed by atoms with Crippen LogP contribution in [0.15, 0.2) is 72.9 Å². The van der Waals surface area contributed by atoms with Crippen LogP contribution in [0.3, 0.4) is 0 Å². The third-order valence-corrected chi connectivity index (χ3v) is 2.89. The van der Waals surface area contributed by atoms with Crippen molar-refractivity contribution >= 4 is 0 Å². The number of pyridine rings is 1. The van der Waals surface area contributed by atoms with Gasteiger partial charge in [-0.15, -0.1) is 0 Å². The van der Waals surface area contributed by atoms with Crippen molar-refractivity contribution in [3.63, 3.8) is 0 Å². The predicted octanol–water partition coefficient (Wildman–Crippen LogP) is 4.22. The van der Waals surface area contributed by atoms with Crippen molar-refractivity contribution < 1.29 is 0 Å². The lowest BCUT2D eigenvalue weighted by atomic mass is 9.97. The molecule has 3 rings (SSSR count). The van der Waals surface area contributed by atoms with Gasteiger partial charge < -0.3 is 0 Å². The quantitative estimate of drug-likeness (QED) is 0.642. The summed E-state index contributed by atoms with van der Waals surface area (Å²) in [6, 6.07) is 25.4. The molecule has 1 radical (unpaired) electrons. The zero-order valence-corrected chi connectivity index (χ0v) is 9.88. The molecule has 0 bridgehead atoms. The maximum Gasteiger partial charge on any atom is 0.0708 e. The van der Waals surface area contributed by atoms with E-state index in [2.05, 4.69) is 29.2 Å². The van der Waals surface area contributed by atoms with Gasteiger partial charge in [-0.1, -0.05) is 48.5 Å². The van der Waals surface area contributed by atoms with Gasteiger partial charge in [-0.2, -0.15) is 0 Å². The smallest absolute Gasteiger partial charge is 0.0708 e. The maximum absolute atomic E-state index is 4.42. The van der Waals surface area contributed by atoms with E-state index in [-0.39, 0.29) is 0 Å². The van der Waals surface area contributed by atoms with Gasteiger partial charge in [0.25, 0.3) is 0 Å². The molecule has 0 aliphatic carbocycles. The molecule has 1 heteroatoms. The number of benzene rings is 2. The van der Waals surface area contributed by atoms with Crippen LogP contribution >= 0.6 is 0 Å². The van der Waals surface area contributed by atoms with Crippen LogP contribution in [0, 0.1) is 6.07 Å². The molecule has 0 aliphatic heterocycles. The molecule has 0 atom stereocenters. The summed E-state index contributed by atoms with van der Waals surface area (Å²) < 4.78 is 0. The van der Waals surface area contributed by atoms with Crippen molar-refractivity contribution in [2.24, 2.45) is 0 Å². The zero-order chi connectivity index (χ0) is 12.2. The molecule has 0 fully saturated rings. The molecule has 1 aromatic heterocycles. The number of hydrogen-bond donors (Lipinski definition) is 0. The molecule has 0 amide bonds. The SMILES string of the molecule is [c]1ccc(-c2ccccn2)c(-c2ccccc2)c1. The Bertz CT molecular complexity index is 572. The minimum atomic E-state index is 0.991. The molecule has 0 aliphatic rings. The fourth-order valence-electron chi connectivity index (χ4n) is 2.03. The fourth-order valence-corrected chi connectivity index (χ4v) is 2.03. The Morgan fingerprint density at radius 2 is 1.61 bits per heavy atom. The lowest BCUT2D eigenvalue weighted by molar-refractivity contribution is 1.33. The molecule has 0 N–H and O–H groups in total. The van der Waals surface area contributed by atoms with E-state index in [0.717, 1.165) is 16.8 Å². The van der Waals surface area contributed by atoms with Crippen LogP contribution in [-0.2, 0) is 0 Å². The second-order valence-corrected chi connectivity index (χ2v) is 4.05. The van der Waals surface area contributed by atoms with Crippen LogP contribution in [0.4, 0.5) is 0 Å². The topological polar surface area (TPSA) is 12.9 Å². The normalized spacial score (nSPS) is 10.2. The van der Waals surface area contributed by atoms with Gasteiger partial charge in [0.2, 0.25) is 0 Å². The predicted molar refractivity (Wildman–Crippen MR) is 73.9 cm³/mol. The second-order valence-electron chi connectivity index (χ2n) is 4.05. The third kappa shape index (κ3) is 2.03. The van der Waals surface area contributed by atoms with E-state index in [1.54, 1.807) is 0 Å². The van der Waals surface area contributed by atoms with Crippen LogP contribution in [0.2, 0.25) is 0 Å². The molecule has 85 valence electrons. The lowest BCUT2D eigenvalue weighted by Gasteiger charge is -2.08. The molecule has 0 spiro atoms. The first-order valence-electron chi connectivity index (χ1n) is 5.92. The first-order valence-corrected chi connectivity index (χ1v) is 5.92. The molecule has 1 nitrogen and oxygen atoms in total. The highest BCUT2D eigenvalue weighted by molar-refractivity contribution is 5.81. The van der Waals surface area contributed by atoms with Gasteiger partial charge in [-0.05, 0) is 35.4 Å². The summed E-state index contributed by atoms with van der Waals surface area (Å²) in [6.45, 7) is 0. The summed E-state index contributed by atoms with van der Waals surface area (Å²) in [4.78, 5) is 4.42. The highest BCUT2D eigenvalue weighted by Crippen LogP contribution is 2.30. The van der Waals surface area contributed by atoms with E-state index in [1.165, 1.54) is 5.56 Å². The highest BCUT2D eigenvalue weighted by Gasteiger charge is 2.06. The van der Waals surface area contributed by atoms with E-state index >= 15 is 0 Å². The van der Waals surface area contributed by atoms with Gasteiger partial charge in [0.1, 0.15) is 0 Å². The Morgan fingerprint density at radius 1 is 0.778 bits per heavy atom. The standard InChI is InChI=1S/C17H12N/c1-2-8-14(9-3-1)15-10-4-5-11-16(15)17-12-6-7-13-18-17/h1-3,5-13H. The van der Waals surface area contributed by atoms with E-state index in [9.17, 15) is 0 Å².